The van der Waals surface area contributed by atoms with Crippen molar-refractivity contribution < 1.29 is 9.63 Å². The molecule has 1 aliphatic rings. The van der Waals surface area contributed by atoms with Crippen LogP contribution < -0.4 is 5.48 Å². The summed E-state index contributed by atoms with van der Waals surface area (Å²) in [5.74, 6) is 0.383. The maximum Gasteiger partial charge on any atom is 0.133 e. The number of hydrogen-bond donors (Lipinski definition) is 1. The van der Waals surface area contributed by atoms with E-state index in [0.717, 1.165) is 12.8 Å². The summed E-state index contributed by atoms with van der Waals surface area (Å²) >= 11 is 0. The van der Waals surface area contributed by atoms with Crippen LogP contribution in [0.3, 0.4) is 0 Å². The molecule has 3 nitrogen and oxygen atoms in total. The number of nitrogens with one attached hydrogen (secondary N) is 1. The van der Waals surface area contributed by atoms with Gasteiger partial charge in [-0.25, -0.2) is 0 Å². The molecule has 0 aromatic rings. The highest BCUT2D eigenvalue weighted by Crippen LogP contribution is 2.16. The molecule has 0 aromatic heterocycles. The van der Waals surface area contributed by atoms with E-state index in [-0.39, 0.29) is 5.60 Å². The van der Waals surface area contributed by atoms with Crippen LogP contribution in [0.1, 0.15) is 46.5 Å². The summed E-state index contributed by atoms with van der Waals surface area (Å²) in [6.45, 7) is 6.02. The fourth-order valence-electron chi connectivity index (χ4n) is 1.32. The molecular formula is C10H19NO2. The van der Waals surface area contributed by atoms with Crippen LogP contribution in [0.25, 0.3) is 0 Å². The summed E-state index contributed by atoms with van der Waals surface area (Å²) in [4.78, 5) is 16.4. The lowest BCUT2D eigenvalue weighted by Crippen LogP contribution is -2.38. The zero-order valence-electron chi connectivity index (χ0n) is 8.72. The molecule has 1 aliphatic carbocycles. The van der Waals surface area contributed by atoms with Crippen molar-refractivity contribution in [2.24, 2.45) is 0 Å². The molecule has 13 heavy (non-hydrogen) atoms. The van der Waals surface area contributed by atoms with Gasteiger partial charge in [0.1, 0.15) is 5.78 Å². The molecule has 0 bridgehead atoms. The van der Waals surface area contributed by atoms with Gasteiger partial charge in [0.15, 0.2) is 0 Å². The summed E-state index contributed by atoms with van der Waals surface area (Å²) in [5, 5.41) is 0. The van der Waals surface area contributed by atoms with Crippen LogP contribution in [0, 0.1) is 0 Å². The summed E-state index contributed by atoms with van der Waals surface area (Å²) in [6.07, 6.45) is 3.22. The normalized spacial score (nSPS) is 20.7. The van der Waals surface area contributed by atoms with Gasteiger partial charge in [-0.15, -0.1) is 0 Å². The van der Waals surface area contributed by atoms with Crippen molar-refractivity contribution in [1.82, 2.24) is 5.48 Å². The zero-order chi connectivity index (χ0) is 9.90. The van der Waals surface area contributed by atoms with E-state index in [1.54, 1.807) is 0 Å². The average molecular weight is 185 g/mol. The third-order valence-electron chi connectivity index (χ3n) is 2.08. The highest BCUT2D eigenvalue weighted by molar-refractivity contribution is 5.79. The predicted octanol–water partition coefficient (Wildman–Crippen LogP) is 1.82. The van der Waals surface area contributed by atoms with Crippen molar-refractivity contribution in [3.05, 3.63) is 0 Å². The van der Waals surface area contributed by atoms with Gasteiger partial charge in [0, 0.05) is 18.9 Å². The first-order valence-corrected chi connectivity index (χ1v) is 4.92. The quantitative estimate of drug-likeness (QED) is 0.667. The lowest BCUT2D eigenvalue weighted by molar-refractivity contribution is -0.124. The first kappa shape index (κ1) is 10.7. The van der Waals surface area contributed by atoms with E-state index in [9.17, 15) is 4.79 Å². The van der Waals surface area contributed by atoms with E-state index in [2.05, 4.69) is 5.48 Å². The van der Waals surface area contributed by atoms with Gasteiger partial charge in [-0.1, -0.05) is 0 Å². The highest BCUT2D eigenvalue weighted by Gasteiger charge is 2.20. The minimum absolute atomic E-state index is 0.151. The molecule has 1 saturated carbocycles. The van der Waals surface area contributed by atoms with Crippen molar-refractivity contribution >= 4 is 5.78 Å². The monoisotopic (exact) mass is 185 g/mol. The molecule has 0 atom stereocenters. The van der Waals surface area contributed by atoms with Crippen LogP contribution in [0.2, 0.25) is 0 Å². The van der Waals surface area contributed by atoms with E-state index in [0.29, 0.717) is 24.7 Å². The van der Waals surface area contributed by atoms with Gasteiger partial charge in [-0.05, 0) is 33.6 Å². The second-order valence-electron chi connectivity index (χ2n) is 4.65. The van der Waals surface area contributed by atoms with E-state index in [1.165, 1.54) is 0 Å². The number of carbonyl (C=O) groups excluding carboxylic acids is 1. The maximum atomic E-state index is 10.9. The number of hydroxylamine groups is 1. The summed E-state index contributed by atoms with van der Waals surface area (Å²) < 4.78 is 0. The fraction of sp³-hybridized carbons (Fsp3) is 0.900. The van der Waals surface area contributed by atoms with E-state index >= 15 is 0 Å². The van der Waals surface area contributed by atoms with Crippen molar-refractivity contribution in [2.45, 2.75) is 58.1 Å². The molecule has 0 aromatic carbocycles. The van der Waals surface area contributed by atoms with Gasteiger partial charge >= 0.3 is 0 Å². The second-order valence-corrected chi connectivity index (χ2v) is 4.65. The molecule has 0 unspecified atom stereocenters. The summed E-state index contributed by atoms with van der Waals surface area (Å²) in [7, 11) is 0. The standard InChI is InChI=1S/C10H19NO2/c1-10(2,3)13-11-8-4-6-9(12)7-5-8/h8,11H,4-7H2,1-3H3. The molecular weight excluding hydrogens is 166 g/mol. The number of rotatable bonds is 2. The molecule has 0 heterocycles. The topological polar surface area (TPSA) is 38.3 Å². The minimum Gasteiger partial charge on any atom is -0.300 e. The Morgan fingerprint density at radius 1 is 1.31 bits per heavy atom. The molecule has 3 heteroatoms. The van der Waals surface area contributed by atoms with Crippen LogP contribution in [0.5, 0.6) is 0 Å². The number of Topliss-reactive ketones (excluding diaryl/α,β-unsaturated/α-hetero) is 1. The number of ketones is 1. The lowest BCUT2D eigenvalue weighted by atomic mass is 9.95. The molecule has 1 fully saturated rings. The third kappa shape index (κ3) is 4.39. The van der Waals surface area contributed by atoms with E-state index in [4.69, 9.17) is 4.84 Å². The maximum absolute atomic E-state index is 10.9. The summed E-state index contributed by atoms with van der Waals surface area (Å²) in [5.41, 5.74) is 2.88. The van der Waals surface area contributed by atoms with Crippen LogP contribution in [0.4, 0.5) is 0 Å². The largest absolute Gasteiger partial charge is 0.300 e. The molecule has 1 rings (SSSR count). The van der Waals surface area contributed by atoms with Gasteiger partial charge in [-0.3, -0.25) is 9.63 Å². The van der Waals surface area contributed by atoms with Crippen LogP contribution in [-0.2, 0) is 9.63 Å². The Labute approximate surface area is 79.8 Å². The summed E-state index contributed by atoms with van der Waals surface area (Å²) in [6, 6.07) is 0.358. The van der Waals surface area contributed by atoms with Gasteiger partial charge in [0.25, 0.3) is 0 Å². The Hall–Kier alpha value is -0.410. The van der Waals surface area contributed by atoms with Crippen LogP contribution >= 0.6 is 0 Å². The molecule has 76 valence electrons. The molecule has 0 radical (unpaired) electrons. The van der Waals surface area contributed by atoms with Crippen molar-refractivity contribution in [3.8, 4) is 0 Å². The lowest BCUT2D eigenvalue weighted by Gasteiger charge is -2.27. The second kappa shape index (κ2) is 4.20. The third-order valence-corrected chi connectivity index (χ3v) is 2.08. The number of carbonyl (C=O) groups is 1. The van der Waals surface area contributed by atoms with E-state index in [1.807, 2.05) is 20.8 Å². The predicted molar refractivity (Wildman–Crippen MR) is 51.2 cm³/mol. The molecule has 0 amide bonds. The van der Waals surface area contributed by atoms with Crippen molar-refractivity contribution in [1.29, 1.82) is 0 Å². The zero-order valence-corrected chi connectivity index (χ0v) is 8.72. The Bertz CT molecular complexity index is 174. The first-order valence-electron chi connectivity index (χ1n) is 4.92. The van der Waals surface area contributed by atoms with Crippen LogP contribution in [-0.4, -0.2) is 17.4 Å². The Morgan fingerprint density at radius 2 is 1.85 bits per heavy atom. The van der Waals surface area contributed by atoms with Gasteiger partial charge in [0.05, 0.1) is 5.60 Å². The number of hydrogen-bond acceptors (Lipinski definition) is 3. The highest BCUT2D eigenvalue weighted by atomic mass is 16.7. The minimum atomic E-state index is -0.151. The molecule has 0 aliphatic heterocycles. The van der Waals surface area contributed by atoms with Gasteiger partial charge in [-0.2, -0.15) is 5.48 Å². The van der Waals surface area contributed by atoms with Crippen molar-refractivity contribution in [3.63, 3.8) is 0 Å². The average Bonchev–Trinajstić information content (AvgIpc) is 2.02. The van der Waals surface area contributed by atoms with Gasteiger partial charge < -0.3 is 0 Å². The first-order chi connectivity index (χ1) is 5.97. The Morgan fingerprint density at radius 3 is 2.31 bits per heavy atom. The Balaban J connectivity index is 2.20. The smallest absolute Gasteiger partial charge is 0.133 e. The molecule has 0 saturated heterocycles. The van der Waals surface area contributed by atoms with Crippen LogP contribution in [0.15, 0.2) is 0 Å². The van der Waals surface area contributed by atoms with E-state index < -0.39 is 0 Å². The fourth-order valence-corrected chi connectivity index (χ4v) is 1.32. The van der Waals surface area contributed by atoms with Crippen molar-refractivity contribution in [2.75, 3.05) is 0 Å². The molecule has 0 spiro atoms. The Kier molecular flexibility index (Phi) is 3.45. The molecule has 1 N–H and O–H groups in total. The SMILES string of the molecule is CC(C)(C)ONC1CCC(=O)CC1. The van der Waals surface area contributed by atoms with Gasteiger partial charge in [0.2, 0.25) is 0 Å².